The molecule has 0 fully saturated rings. The third-order valence-electron chi connectivity index (χ3n) is 3.37. The molecule has 0 aliphatic rings. The number of anilines is 1. The maximum Gasteiger partial charge on any atom is 0.236 e. The van der Waals surface area contributed by atoms with Gasteiger partial charge in [-0.1, -0.05) is 36.1 Å². The number of hydrogen-bond acceptors (Lipinski definition) is 8. The predicted octanol–water partition coefficient (Wildman–Crippen LogP) is 3.10. The van der Waals surface area contributed by atoms with Crippen LogP contribution in [-0.4, -0.2) is 36.6 Å². The number of aromatic nitrogens is 5. The van der Waals surface area contributed by atoms with Gasteiger partial charge in [0, 0.05) is 17.8 Å². The number of hydrogen-bond donors (Lipinski definition) is 1. The van der Waals surface area contributed by atoms with Crippen LogP contribution in [0, 0.1) is 0 Å². The van der Waals surface area contributed by atoms with Crippen molar-refractivity contribution in [2.75, 3.05) is 11.1 Å². The molecule has 7 nitrogen and oxygen atoms in total. The second-order valence-electron chi connectivity index (χ2n) is 5.09. The molecule has 3 aromatic heterocycles. The van der Waals surface area contributed by atoms with Crippen molar-refractivity contribution < 1.29 is 4.79 Å². The molecule has 0 bridgehead atoms. The van der Waals surface area contributed by atoms with E-state index in [2.05, 4.69) is 48.6 Å². The molecule has 10 heteroatoms. The van der Waals surface area contributed by atoms with Crippen molar-refractivity contribution in [3.63, 3.8) is 0 Å². The summed E-state index contributed by atoms with van der Waals surface area (Å²) in [5.74, 6) is 1.07. The largest absolute Gasteiger partial charge is 0.306 e. The summed E-state index contributed by atoms with van der Waals surface area (Å²) in [4.78, 5) is 13.3. The van der Waals surface area contributed by atoms with E-state index in [1.807, 2.05) is 13.0 Å². The van der Waals surface area contributed by atoms with E-state index >= 15 is 0 Å². The Hall–Kier alpha value is -1.78. The second-order valence-corrected chi connectivity index (χ2v) is 8.13. The second kappa shape index (κ2) is 8.54. The minimum absolute atomic E-state index is 0.116. The van der Waals surface area contributed by atoms with Gasteiger partial charge < -0.3 is 4.57 Å². The molecule has 0 unspecified atom stereocenters. The number of amides is 1. The molecular weight excluding hydrogens is 376 g/mol. The Kier molecular flexibility index (Phi) is 6.16. The normalized spacial score (nSPS) is 11.0. The summed E-state index contributed by atoms with van der Waals surface area (Å²) in [6.45, 7) is 4.83. The maximum absolute atomic E-state index is 12.1. The number of carbonyl (C=O) groups excluding carboxylic acids is 1. The average molecular weight is 395 g/mol. The van der Waals surface area contributed by atoms with Gasteiger partial charge >= 0.3 is 0 Å². The first-order chi connectivity index (χ1) is 12.2. The SMILES string of the molecule is CCc1nnc(NC(=O)CSc2nnc(Cc3cccs3)n2CC)s1. The molecule has 0 saturated heterocycles. The third kappa shape index (κ3) is 4.65. The van der Waals surface area contributed by atoms with Crippen LogP contribution in [0.25, 0.3) is 0 Å². The van der Waals surface area contributed by atoms with Gasteiger partial charge in [0.05, 0.1) is 5.75 Å². The fourth-order valence-corrected chi connectivity index (χ4v) is 4.39. The molecule has 132 valence electrons. The van der Waals surface area contributed by atoms with Crippen molar-refractivity contribution in [3.05, 3.63) is 33.2 Å². The lowest BCUT2D eigenvalue weighted by molar-refractivity contribution is -0.113. The minimum Gasteiger partial charge on any atom is -0.306 e. The highest BCUT2D eigenvalue weighted by atomic mass is 32.2. The number of carbonyl (C=O) groups is 1. The van der Waals surface area contributed by atoms with Crippen molar-refractivity contribution in [3.8, 4) is 0 Å². The van der Waals surface area contributed by atoms with Gasteiger partial charge in [-0.15, -0.1) is 31.7 Å². The first kappa shape index (κ1) is 18.0. The number of nitrogens with one attached hydrogen (secondary N) is 1. The Morgan fingerprint density at radius 1 is 1.28 bits per heavy atom. The maximum atomic E-state index is 12.1. The fourth-order valence-electron chi connectivity index (χ4n) is 2.18. The van der Waals surface area contributed by atoms with Crippen molar-refractivity contribution >= 4 is 45.5 Å². The Labute approximate surface area is 157 Å². The zero-order valence-corrected chi connectivity index (χ0v) is 16.4. The van der Waals surface area contributed by atoms with Gasteiger partial charge in [-0.2, -0.15) is 0 Å². The smallest absolute Gasteiger partial charge is 0.236 e. The van der Waals surface area contributed by atoms with Crippen molar-refractivity contribution in [2.45, 2.75) is 38.4 Å². The van der Waals surface area contributed by atoms with Crippen molar-refractivity contribution in [1.82, 2.24) is 25.0 Å². The molecule has 1 N–H and O–H groups in total. The Bertz CT molecular complexity index is 826. The highest BCUT2D eigenvalue weighted by molar-refractivity contribution is 7.99. The number of thioether (sulfide) groups is 1. The van der Waals surface area contributed by atoms with Crippen LogP contribution in [-0.2, 0) is 24.2 Å². The number of rotatable bonds is 8. The third-order valence-corrected chi connectivity index (χ3v) is 6.20. The van der Waals surface area contributed by atoms with Crippen LogP contribution >= 0.6 is 34.4 Å². The Morgan fingerprint density at radius 2 is 2.16 bits per heavy atom. The minimum atomic E-state index is -0.116. The summed E-state index contributed by atoms with van der Waals surface area (Å²) < 4.78 is 2.05. The molecule has 3 rings (SSSR count). The lowest BCUT2D eigenvalue weighted by atomic mass is 10.3. The number of aryl methyl sites for hydroxylation is 1. The molecule has 0 aromatic carbocycles. The van der Waals surface area contributed by atoms with Crippen LogP contribution in [0.2, 0.25) is 0 Å². The van der Waals surface area contributed by atoms with E-state index in [9.17, 15) is 4.79 Å². The summed E-state index contributed by atoms with van der Waals surface area (Å²) in [5.41, 5.74) is 0. The Balaban J connectivity index is 1.58. The molecule has 0 spiro atoms. The molecule has 0 aliphatic heterocycles. The molecular formula is C15H18N6OS3. The quantitative estimate of drug-likeness (QED) is 0.591. The predicted molar refractivity (Wildman–Crippen MR) is 101 cm³/mol. The topological polar surface area (TPSA) is 85.6 Å². The van der Waals surface area contributed by atoms with Gasteiger partial charge in [0.2, 0.25) is 11.0 Å². The summed E-state index contributed by atoms with van der Waals surface area (Å²) in [6, 6.07) is 4.12. The molecule has 3 heterocycles. The van der Waals surface area contributed by atoms with Crippen molar-refractivity contribution in [1.29, 1.82) is 0 Å². The molecule has 0 saturated carbocycles. The number of thiophene rings is 1. The summed E-state index contributed by atoms with van der Waals surface area (Å²) in [7, 11) is 0. The van der Waals surface area contributed by atoms with Crippen molar-refractivity contribution in [2.24, 2.45) is 0 Å². The molecule has 0 atom stereocenters. The van der Waals surface area contributed by atoms with E-state index in [4.69, 9.17) is 0 Å². The highest BCUT2D eigenvalue weighted by Crippen LogP contribution is 2.21. The van der Waals surface area contributed by atoms with Gasteiger partial charge in [0.25, 0.3) is 0 Å². The van der Waals surface area contributed by atoms with E-state index in [1.54, 1.807) is 11.3 Å². The molecule has 0 radical (unpaired) electrons. The van der Waals surface area contributed by atoms with Crippen LogP contribution in [0.5, 0.6) is 0 Å². The van der Waals surface area contributed by atoms with Crippen LogP contribution < -0.4 is 5.32 Å². The zero-order chi connectivity index (χ0) is 17.6. The van der Waals surface area contributed by atoms with Gasteiger partial charge in [0.15, 0.2) is 5.16 Å². The summed E-state index contributed by atoms with van der Waals surface area (Å²) in [6.07, 6.45) is 1.57. The van der Waals surface area contributed by atoms with E-state index in [0.717, 1.165) is 35.4 Å². The van der Waals surface area contributed by atoms with Gasteiger partial charge in [0.1, 0.15) is 10.8 Å². The van der Waals surface area contributed by atoms with Crippen LogP contribution in [0.4, 0.5) is 5.13 Å². The number of nitrogens with zero attached hydrogens (tertiary/aromatic N) is 5. The van der Waals surface area contributed by atoms with E-state index in [-0.39, 0.29) is 11.7 Å². The summed E-state index contributed by atoms with van der Waals surface area (Å²) >= 11 is 4.49. The summed E-state index contributed by atoms with van der Waals surface area (Å²) in [5, 5.41) is 23.5. The average Bonchev–Trinajstić information content (AvgIpc) is 3.34. The lowest BCUT2D eigenvalue weighted by Crippen LogP contribution is -2.14. The highest BCUT2D eigenvalue weighted by Gasteiger charge is 2.14. The first-order valence-electron chi connectivity index (χ1n) is 7.89. The monoisotopic (exact) mass is 394 g/mol. The zero-order valence-electron chi connectivity index (χ0n) is 13.9. The molecule has 1 amide bonds. The van der Waals surface area contributed by atoms with Crippen LogP contribution in [0.15, 0.2) is 22.7 Å². The van der Waals surface area contributed by atoms with Gasteiger partial charge in [-0.25, -0.2) is 0 Å². The standard InChI is InChI=1S/C15H18N6OS3/c1-3-13-18-19-14(25-13)16-12(22)9-24-15-20-17-11(21(15)4-2)8-10-6-5-7-23-10/h5-7H,3-4,8-9H2,1-2H3,(H,16,19,22). The van der Waals surface area contributed by atoms with Gasteiger partial charge in [-0.05, 0) is 24.8 Å². The first-order valence-corrected chi connectivity index (χ1v) is 10.6. The van der Waals surface area contributed by atoms with E-state index in [1.165, 1.54) is 28.0 Å². The van der Waals surface area contributed by atoms with Crippen LogP contribution in [0.3, 0.4) is 0 Å². The fraction of sp³-hybridized carbons (Fsp3) is 0.400. The Morgan fingerprint density at radius 3 is 2.84 bits per heavy atom. The lowest BCUT2D eigenvalue weighted by Gasteiger charge is -2.06. The molecule has 0 aliphatic carbocycles. The van der Waals surface area contributed by atoms with Crippen LogP contribution in [0.1, 0.15) is 29.6 Å². The van der Waals surface area contributed by atoms with E-state index < -0.39 is 0 Å². The molecule has 25 heavy (non-hydrogen) atoms. The molecule has 3 aromatic rings. The van der Waals surface area contributed by atoms with E-state index in [0.29, 0.717) is 5.13 Å². The van der Waals surface area contributed by atoms with Gasteiger partial charge in [-0.3, -0.25) is 10.1 Å².